The summed E-state index contributed by atoms with van der Waals surface area (Å²) in [7, 11) is 0. The number of fused-ring (bicyclic) bond motifs is 1. The Labute approximate surface area is 214 Å². The third-order valence-corrected chi connectivity index (χ3v) is 6.34. The van der Waals surface area contributed by atoms with Crippen molar-refractivity contribution in [1.29, 1.82) is 0 Å². The van der Waals surface area contributed by atoms with Gasteiger partial charge in [-0.15, -0.1) is 0 Å². The van der Waals surface area contributed by atoms with E-state index in [0.29, 0.717) is 31.6 Å². The molecule has 0 aliphatic rings. The van der Waals surface area contributed by atoms with Crippen molar-refractivity contribution < 1.29 is 24.3 Å². The molecule has 198 valence electrons. The van der Waals surface area contributed by atoms with Crippen molar-refractivity contribution in [3.63, 3.8) is 0 Å². The Bertz CT molecular complexity index is 1030. The van der Waals surface area contributed by atoms with Crippen molar-refractivity contribution in [3.05, 3.63) is 36.0 Å². The van der Waals surface area contributed by atoms with Crippen LogP contribution in [-0.4, -0.2) is 77.0 Å². The minimum atomic E-state index is -1.15. The summed E-state index contributed by atoms with van der Waals surface area (Å²) in [5.41, 5.74) is 13.4. The SMILES string of the molecule is CSCCC(NC(=O)C(N)Cc1c[nH]c2ccccc12)C(=O)NCC(=O)NC(CCCCN)C(=O)O. The molecule has 12 heteroatoms. The number of rotatable bonds is 16. The lowest BCUT2D eigenvalue weighted by Crippen LogP contribution is -2.54. The van der Waals surface area contributed by atoms with E-state index >= 15 is 0 Å². The van der Waals surface area contributed by atoms with Gasteiger partial charge in [0, 0.05) is 17.1 Å². The Kier molecular flexibility index (Phi) is 12.2. The summed E-state index contributed by atoms with van der Waals surface area (Å²) < 4.78 is 0. The van der Waals surface area contributed by atoms with Gasteiger partial charge in [-0.3, -0.25) is 14.4 Å². The first-order chi connectivity index (χ1) is 17.3. The Balaban J connectivity index is 1.91. The zero-order valence-corrected chi connectivity index (χ0v) is 21.2. The van der Waals surface area contributed by atoms with E-state index in [2.05, 4.69) is 20.9 Å². The number of amides is 3. The van der Waals surface area contributed by atoms with Gasteiger partial charge < -0.3 is 37.5 Å². The van der Waals surface area contributed by atoms with Gasteiger partial charge in [-0.2, -0.15) is 11.8 Å². The average Bonchev–Trinajstić information content (AvgIpc) is 3.27. The van der Waals surface area contributed by atoms with E-state index in [-0.39, 0.29) is 12.8 Å². The number of benzene rings is 1. The van der Waals surface area contributed by atoms with Gasteiger partial charge in [-0.05, 0) is 62.3 Å². The number of carboxylic acid groups (broad SMARTS) is 1. The van der Waals surface area contributed by atoms with Gasteiger partial charge in [-0.25, -0.2) is 4.79 Å². The van der Waals surface area contributed by atoms with Gasteiger partial charge in [0.1, 0.15) is 12.1 Å². The van der Waals surface area contributed by atoms with Crippen LogP contribution in [0.2, 0.25) is 0 Å². The Morgan fingerprint density at radius 2 is 1.81 bits per heavy atom. The molecule has 1 aromatic heterocycles. The lowest BCUT2D eigenvalue weighted by molar-refractivity contribution is -0.142. The van der Waals surface area contributed by atoms with E-state index < -0.39 is 48.4 Å². The number of thioether (sulfide) groups is 1. The van der Waals surface area contributed by atoms with Crippen LogP contribution in [0.1, 0.15) is 31.2 Å². The second kappa shape index (κ2) is 15.1. The minimum absolute atomic E-state index is 0.243. The first-order valence-electron chi connectivity index (χ1n) is 11.9. The second-order valence-electron chi connectivity index (χ2n) is 8.47. The van der Waals surface area contributed by atoms with Gasteiger partial charge in [0.2, 0.25) is 17.7 Å². The molecule has 9 N–H and O–H groups in total. The molecule has 3 atom stereocenters. The number of hydrogen-bond acceptors (Lipinski definition) is 7. The molecule has 0 saturated heterocycles. The molecule has 36 heavy (non-hydrogen) atoms. The highest BCUT2D eigenvalue weighted by Gasteiger charge is 2.25. The molecule has 3 unspecified atom stereocenters. The van der Waals surface area contributed by atoms with Crippen molar-refractivity contribution >= 4 is 46.4 Å². The molecule has 0 saturated carbocycles. The summed E-state index contributed by atoms with van der Waals surface area (Å²) >= 11 is 1.51. The molecule has 1 aromatic carbocycles. The van der Waals surface area contributed by atoms with E-state index in [1.807, 2.05) is 36.7 Å². The molecule has 0 aliphatic heterocycles. The molecule has 0 fully saturated rings. The molecule has 1 heterocycles. The molecule has 0 aliphatic carbocycles. The van der Waals surface area contributed by atoms with Gasteiger partial charge in [0.15, 0.2) is 0 Å². The van der Waals surface area contributed by atoms with Crippen LogP contribution in [0.15, 0.2) is 30.5 Å². The number of aliphatic carboxylic acids is 1. The van der Waals surface area contributed by atoms with Gasteiger partial charge in [-0.1, -0.05) is 18.2 Å². The number of aromatic amines is 1. The van der Waals surface area contributed by atoms with Crippen LogP contribution in [0.5, 0.6) is 0 Å². The zero-order valence-electron chi connectivity index (χ0n) is 20.4. The minimum Gasteiger partial charge on any atom is -0.480 e. The second-order valence-corrected chi connectivity index (χ2v) is 9.46. The van der Waals surface area contributed by atoms with E-state index in [9.17, 15) is 24.3 Å². The highest BCUT2D eigenvalue weighted by molar-refractivity contribution is 7.98. The summed E-state index contributed by atoms with van der Waals surface area (Å²) in [6.45, 7) is 0.0253. The summed E-state index contributed by atoms with van der Waals surface area (Å²) in [6.07, 6.45) is 5.77. The van der Waals surface area contributed by atoms with Crippen molar-refractivity contribution in [2.24, 2.45) is 11.5 Å². The topological polar surface area (TPSA) is 192 Å². The fraction of sp³-hybridized carbons (Fsp3) is 0.500. The standard InChI is InChI=1S/C24H36N6O5S/c1-36-11-9-19(23(33)28-14-21(31)29-20(24(34)35)8-4-5-10-25)30-22(32)17(26)12-15-13-27-18-7-3-2-6-16(15)18/h2-3,6-7,13,17,19-20,27H,4-5,8-12,14,25-26H2,1H3,(H,28,33)(H,29,31)(H,30,32)(H,34,35). The van der Waals surface area contributed by atoms with Crippen LogP contribution < -0.4 is 27.4 Å². The summed E-state index contributed by atoms with van der Waals surface area (Å²) in [5, 5.41) is 17.8. The number of carbonyl (C=O) groups excluding carboxylic acids is 3. The summed E-state index contributed by atoms with van der Waals surface area (Å²) in [6, 6.07) is 4.88. The number of para-hydroxylation sites is 1. The van der Waals surface area contributed by atoms with Crippen LogP contribution in [0.3, 0.4) is 0 Å². The number of carboxylic acids is 1. The quantitative estimate of drug-likeness (QED) is 0.151. The van der Waals surface area contributed by atoms with Crippen molar-refractivity contribution in [1.82, 2.24) is 20.9 Å². The van der Waals surface area contributed by atoms with Crippen LogP contribution >= 0.6 is 11.8 Å². The molecule has 0 bridgehead atoms. The number of aromatic nitrogens is 1. The molecular formula is C24H36N6O5S. The number of carbonyl (C=O) groups is 4. The van der Waals surface area contributed by atoms with Gasteiger partial charge >= 0.3 is 5.97 Å². The van der Waals surface area contributed by atoms with Crippen LogP contribution in [0.4, 0.5) is 0 Å². The van der Waals surface area contributed by atoms with Crippen molar-refractivity contribution in [2.45, 2.75) is 50.2 Å². The molecule has 0 radical (unpaired) electrons. The van der Waals surface area contributed by atoms with Crippen molar-refractivity contribution in [3.8, 4) is 0 Å². The van der Waals surface area contributed by atoms with E-state index in [1.165, 1.54) is 11.8 Å². The maximum absolute atomic E-state index is 12.8. The maximum atomic E-state index is 12.8. The van der Waals surface area contributed by atoms with E-state index in [1.54, 1.807) is 0 Å². The van der Waals surface area contributed by atoms with Crippen LogP contribution in [0.25, 0.3) is 10.9 Å². The number of hydrogen-bond donors (Lipinski definition) is 7. The molecule has 0 spiro atoms. The monoisotopic (exact) mass is 520 g/mol. The molecule has 3 amide bonds. The third-order valence-electron chi connectivity index (χ3n) is 5.70. The number of unbranched alkanes of at least 4 members (excludes halogenated alkanes) is 1. The number of nitrogens with two attached hydrogens (primary N) is 2. The lowest BCUT2D eigenvalue weighted by atomic mass is 10.0. The third kappa shape index (κ3) is 9.17. The lowest BCUT2D eigenvalue weighted by Gasteiger charge is -2.21. The fourth-order valence-electron chi connectivity index (χ4n) is 3.70. The fourth-order valence-corrected chi connectivity index (χ4v) is 4.17. The average molecular weight is 521 g/mol. The summed E-state index contributed by atoms with van der Waals surface area (Å²) in [4.78, 5) is 52.3. The molecular weight excluding hydrogens is 484 g/mol. The van der Waals surface area contributed by atoms with E-state index in [4.69, 9.17) is 11.5 Å². The molecule has 2 aromatic rings. The number of nitrogens with one attached hydrogen (secondary N) is 4. The predicted octanol–water partition coefficient (Wildman–Crippen LogP) is 0.0902. The maximum Gasteiger partial charge on any atom is 0.326 e. The largest absolute Gasteiger partial charge is 0.480 e. The van der Waals surface area contributed by atoms with Crippen molar-refractivity contribution in [2.75, 3.05) is 25.1 Å². The predicted molar refractivity (Wildman–Crippen MR) is 140 cm³/mol. The van der Waals surface area contributed by atoms with Crippen LogP contribution in [-0.2, 0) is 25.6 Å². The van der Waals surface area contributed by atoms with Gasteiger partial charge in [0.25, 0.3) is 0 Å². The first kappa shape index (κ1) is 29.1. The highest BCUT2D eigenvalue weighted by Crippen LogP contribution is 2.18. The number of H-pyrrole nitrogens is 1. The first-order valence-corrected chi connectivity index (χ1v) is 13.3. The summed E-state index contributed by atoms with van der Waals surface area (Å²) in [5.74, 6) is -2.20. The Morgan fingerprint density at radius 1 is 1.06 bits per heavy atom. The normalized spacial score (nSPS) is 13.5. The molecule has 11 nitrogen and oxygen atoms in total. The highest BCUT2D eigenvalue weighted by atomic mass is 32.2. The van der Waals surface area contributed by atoms with E-state index in [0.717, 1.165) is 16.5 Å². The Hall–Kier alpha value is -3.09. The Morgan fingerprint density at radius 3 is 2.50 bits per heavy atom. The van der Waals surface area contributed by atoms with Gasteiger partial charge in [0.05, 0.1) is 12.6 Å². The smallest absolute Gasteiger partial charge is 0.326 e. The van der Waals surface area contributed by atoms with Crippen LogP contribution in [0, 0.1) is 0 Å². The zero-order chi connectivity index (χ0) is 26.5. The molecule has 2 rings (SSSR count).